The summed E-state index contributed by atoms with van der Waals surface area (Å²) in [6.45, 7) is 3.77. The lowest BCUT2D eigenvalue weighted by Gasteiger charge is -2.40. The summed E-state index contributed by atoms with van der Waals surface area (Å²) in [5.74, 6) is -0.120. The standard InChI is InChI=1S/C17H19FN4O2/c1-12-11-21(14-5-3-4-13(18)8-14)6-7-22(12)17(23)15-9-19-10-16(20-15)24-2/h3-5,8-10,12H,6-7,11H2,1-2H3. The molecule has 1 saturated heterocycles. The number of ether oxygens (including phenoxy) is 1. The van der Waals surface area contributed by atoms with Crippen LogP contribution in [0.3, 0.4) is 0 Å². The third-order valence-corrected chi connectivity index (χ3v) is 4.10. The van der Waals surface area contributed by atoms with Crippen LogP contribution in [0, 0.1) is 5.82 Å². The Hall–Kier alpha value is -2.70. The number of amides is 1. The van der Waals surface area contributed by atoms with Gasteiger partial charge in [-0.25, -0.2) is 9.37 Å². The number of rotatable bonds is 3. The first-order valence-electron chi connectivity index (χ1n) is 7.76. The second kappa shape index (κ2) is 6.82. The van der Waals surface area contributed by atoms with Crippen molar-refractivity contribution in [2.24, 2.45) is 0 Å². The molecule has 0 radical (unpaired) electrons. The number of methoxy groups -OCH3 is 1. The van der Waals surface area contributed by atoms with E-state index in [1.165, 1.54) is 31.6 Å². The van der Waals surface area contributed by atoms with E-state index in [0.717, 1.165) is 5.69 Å². The molecule has 1 aliphatic heterocycles. The maximum absolute atomic E-state index is 13.4. The van der Waals surface area contributed by atoms with Crippen molar-refractivity contribution in [1.29, 1.82) is 0 Å². The second-order valence-electron chi connectivity index (χ2n) is 5.72. The smallest absolute Gasteiger partial charge is 0.274 e. The van der Waals surface area contributed by atoms with Crippen molar-refractivity contribution < 1.29 is 13.9 Å². The van der Waals surface area contributed by atoms with Gasteiger partial charge in [0.15, 0.2) is 5.69 Å². The molecule has 126 valence electrons. The van der Waals surface area contributed by atoms with Crippen molar-refractivity contribution in [1.82, 2.24) is 14.9 Å². The van der Waals surface area contributed by atoms with Crippen LogP contribution < -0.4 is 9.64 Å². The summed E-state index contributed by atoms with van der Waals surface area (Å²) in [7, 11) is 1.48. The van der Waals surface area contributed by atoms with Crippen molar-refractivity contribution in [3.8, 4) is 5.88 Å². The molecule has 1 aliphatic rings. The quantitative estimate of drug-likeness (QED) is 0.861. The van der Waals surface area contributed by atoms with Gasteiger partial charge < -0.3 is 14.5 Å². The number of hydrogen-bond acceptors (Lipinski definition) is 5. The van der Waals surface area contributed by atoms with E-state index >= 15 is 0 Å². The number of carbonyl (C=O) groups excluding carboxylic acids is 1. The molecule has 0 saturated carbocycles. The highest BCUT2D eigenvalue weighted by Crippen LogP contribution is 2.21. The van der Waals surface area contributed by atoms with Gasteiger partial charge in [0.2, 0.25) is 5.88 Å². The van der Waals surface area contributed by atoms with Gasteiger partial charge in [-0.2, -0.15) is 0 Å². The van der Waals surface area contributed by atoms with Gasteiger partial charge in [-0.3, -0.25) is 9.78 Å². The monoisotopic (exact) mass is 330 g/mol. The summed E-state index contributed by atoms with van der Waals surface area (Å²) in [4.78, 5) is 24.6. The number of benzene rings is 1. The van der Waals surface area contributed by atoms with E-state index in [-0.39, 0.29) is 23.5 Å². The summed E-state index contributed by atoms with van der Waals surface area (Å²) in [5.41, 5.74) is 1.09. The fraction of sp³-hybridized carbons (Fsp3) is 0.353. The molecule has 0 spiro atoms. The highest BCUT2D eigenvalue weighted by molar-refractivity contribution is 5.92. The predicted molar refractivity (Wildman–Crippen MR) is 87.7 cm³/mol. The minimum Gasteiger partial charge on any atom is -0.480 e. The first-order valence-corrected chi connectivity index (χ1v) is 7.76. The van der Waals surface area contributed by atoms with Crippen LogP contribution in [0.2, 0.25) is 0 Å². The highest BCUT2D eigenvalue weighted by atomic mass is 19.1. The SMILES string of the molecule is COc1cncc(C(=O)N2CCN(c3cccc(F)c3)CC2C)n1. The van der Waals surface area contributed by atoms with Crippen LogP contribution in [0.15, 0.2) is 36.7 Å². The summed E-state index contributed by atoms with van der Waals surface area (Å²) in [6.07, 6.45) is 2.90. The Labute approximate surface area is 139 Å². The predicted octanol–water partition coefficient (Wildman–Crippen LogP) is 1.98. The molecule has 2 aromatic rings. The van der Waals surface area contributed by atoms with Crippen molar-refractivity contribution in [2.75, 3.05) is 31.6 Å². The van der Waals surface area contributed by atoms with Gasteiger partial charge in [0, 0.05) is 31.4 Å². The van der Waals surface area contributed by atoms with E-state index in [0.29, 0.717) is 25.5 Å². The highest BCUT2D eigenvalue weighted by Gasteiger charge is 2.29. The lowest BCUT2D eigenvalue weighted by molar-refractivity contribution is 0.0666. The Bertz CT molecular complexity index is 740. The second-order valence-corrected chi connectivity index (χ2v) is 5.72. The van der Waals surface area contributed by atoms with Crippen LogP contribution in [-0.4, -0.2) is 53.6 Å². The summed E-state index contributed by atoms with van der Waals surface area (Å²) < 4.78 is 18.4. The number of carbonyl (C=O) groups is 1. The lowest BCUT2D eigenvalue weighted by atomic mass is 10.1. The van der Waals surface area contributed by atoms with Gasteiger partial charge in [0.1, 0.15) is 5.82 Å². The number of hydrogen-bond donors (Lipinski definition) is 0. The number of nitrogens with zero attached hydrogens (tertiary/aromatic N) is 4. The minimum atomic E-state index is -0.259. The summed E-state index contributed by atoms with van der Waals surface area (Å²) in [6, 6.07) is 6.48. The van der Waals surface area contributed by atoms with Gasteiger partial charge in [-0.1, -0.05) is 6.07 Å². The van der Waals surface area contributed by atoms with E-state index in [1.54, 1.807) is 11.0 Å². The topological polar surface area (TPSA) is 58.6 Å². The zero-order valence-corrected chi connectivity index (χ0v) is 13.6. The van der Waals surface area contributed by atoms with E-state index in [1.807, 2.05) is 13.0 Å². The molecule has 1 unspecified atom stereocenters. The normalized spacial score (nSPS) is 17.7. The first-order chi connectivity index (χ1) is 11.6. The molecule has 1 aromatic carbocycles. The Kier molecular flexibility index (Phi) is 4.59. The van der Waals surface area contributed by atoms with E-state index in [9.17, 15) is 9.18 Å². The molecule has 24 heavy (non-hydrogen) atoms. The molecular formula is C17H19FN4O2. The molecule has 7 heteroatoms. The molecule has 1 atom stereocenters. The van der Waals surface area contributed by atoms with Crippen LogP contribution in [0.4, 0.5) is 10.1 Å². The number of aromatic nitrogens is 2. The Morgan fingerprint density at radius 3 is 2.88 bits per heavy atom. The Balaban J connectivity index is 1.72. The van der Waals surface area contributed by atoms with Gasteiger partial charge >= 0.3 is 0 Å². The van der Waals surface area contributed by atoms with Crippen molar-refractivity contribution in [2.45, 2.75) is 13.0 Å². The van der Waals surface area contributed by atoms with Crippen LogP contribution in [-0.2, 0) is 0 Å². The molecule has 2 heterocycles. The fourth-order valence-corrected chi connectivity index (χ4v) is 2.86. The lowest BCUT2D eigenvalue weighted by Crippen LogP contribution is -2.54. The Morgan fingerprint density at radius 1 is 1.33 bits per heavy atom. The fourth-order valence-electron chi connectivity index (χ4n) is 2.86. The maximum Gasteiger partial charge on any atom is 0.274 e. The maximum atomic E-state index is 13.4. The van der Waals surface area contributed by atoms with E-state index in [2.05, 4.69) is 14.9 Å². The summed E-state index contributed by atoms with van der Waals surface area (Å²) >= 11 is 0. The molecule has 6 nitrogen and oxygen atoms in total. The molecule has 1 fully saturated rings. The average Bonchev–Trinajstić information content (AvgIpc) is 2.61. The molecule has 0 bridgehead atoms. The number of anilines is 1. The first kappa shape index (κ1) is 16.2. The number of piperazine rings is 1. The number of halogens is 1. The van der Waals surface area contributed by atoms with Gasteiger partial charge in [-0.15, -0.1) is 0 Å². The average molecular weight is 330 g/mol. The van der Waals surface area contributed by atoms with Crippen LogP contribution in [0.5, 0.6) is 5.88 Å². The largest absolute Gasteiger partial charge is 0.480 e. The molecular weight excluding hydrogens is 311 g/mol. The van der Waals surface area contributed by atoms with Crippen molar-refractivity contribution >= 4 is 11.6 Å². The molecule has 3 rings (SSSR count). The van der Waals surface area contributed by atoms with Gasteiger partial charge in [-0.05, 0) is 25.1 Å². The van der Waals surface area contributed by atoms with Crippen molar-refractivity contribution in [3.05, 3.63) is 48.2 Å². The van der Waals surface area contributed by atoms with Crippen molar-refractivity contribution in [3.63, 3.8) is 0 Å². The van der Waals surface area contributed by atoms with Gasteiger partial charge in [0.25, 0.3) is 5.91 Å². The molecule has 0 N–H and O–H groups in total. The third-order valence-electron chi connectivity index (χ3n) is 4.10. The summed E-state index contributed by atoms with van der Waals surface area (Å²) in [5, 5.41) is 0. The molecule has 1 aromatic heterocycles. The zero-order valence-electron chi connectivity index (χ0n) is 13.6. The van der Waals surface area contributed by atoms with Crippen LogP contribution in [0.25, 0.3) is 0 Å². The third kappa shape index (κ3) is 3.29. The van der Waals surface area contributed by atoms with Crippen LogP contribution >= 0.6 is 0 Å². The minimum absolute atomic E-state index is 0.0254. The van der Waals surface area contributed by atoms with Crippen LogP contribution in [0.1, 0.15) is 17.4 Å². The molecule has 1 amide bonds. The zero-order chi connectivity index (χ0) is 17.1. The molecule has 0 aliphatic carbocycles. The van der Waals surface area contributed by atoms with Gasteiger partial charge in [0.05, 0.1) is 19.5 Å². The van der Waals surface area contributed by atoms with E-state index in [4.69, 9.17) is 4.74 Å². The Morgan fingerprint density at radius 2 is 2.17 bits per heavy atom. The van der Waals surface area contributed by atoms with E-state index < -0.39 is 0 Å².